The number of carbonyl (C=O) groups is 1. The van der Waals surface area contributed by atoms with E-state index in [1.54, 1.807) is 0 Å². The third-order valence-corrected chi connectivity index (χ3v) is 4.69. The Balaban J connectivity index is 1.86. The third-order valence-electron chi connectivity index (χ3n) is 4.69. The van der Waals surface area contributed by atoms with Gasteiger partial charge in [0, 0.05) is 13.1 Å². The Morgan fingerprint density at radius 1 is 1.33 bits per heavy atom. The molecule has 0 aromatic rings. The minimum absolute atomic E-state index is 0.282. The highest BCUT2D eigenvalue weighted by Crippen LogP contribution is 2.26. The zero-order valence-corrected chi connectivity index (χ0v) is 12.0. The molecule has 2 heterocycles. The number of piperidine rings is 2. The van der Waals surface area contributed by atoms with Gasteiger partial charge in [-0.15, -0.1) is 0 Å². The normalized spacial score (nSPS) is 30.4. The highest BCUT2D eigenvalue weighted by Gasteiger charge is 2.38. The van der Waals surface area contributed by atoms with Crippen LogP contribution in [0.15, 0.2) is 0 Å². The van der Waals surface area contributed by atoms with Crippen LogP contribution in [0.1, 0.15) is 58.8 Å². The van der Waals surface area contributed by atoms with Crippen LogP contribution in [-0.2, 0) is 4.79 Å². The van der Waals surface area contributed by atoms with Crippen molar-refractivity contribution in [2.45, 2.75) is 64.3 Å². The molecule has 0 aromatic heterocycles. The van der Waals surface area contributed by atoms with Gasteiger partial charge in [0.15, 0.2) is 0 Å². The van der Waals surface area contributed by atoms with Crippen molar-refractivity contribution in [1.29, 1.82) is 0 Å². The Hall–Kier alpha value is -0.570. The molecule has 104 valence electrons. The van der Waals surface area contributed by atoms with E-state index in [1.807, 2.05) is 0 Å². The summed E-state index contributed by atoms with van der Waals surface area (Å²) < 4.78 is 0. The molecule has 1 unspecified atom stereocenters. The van der Waals surface area contributed by atoms with Crippen LogP contribution < -0.4 is 5.32 Å². The lowest BCUT2D eigenvalue weighted by Crippen LogP contribution is -2.59. The molecule has 0 radical (unpaired) electrons. The average Bonchev–Trinajstić information content (AvgIpc) is 2.40. The first-order chi connectivity index (χ1) is 8.65. The molecule has 1 atom stereocenters. The molecule has 0 bridgehead atoms. The average molecular weight is 252 g/mol. The van der Waals surface area contributed by atoms with Crippen LogP contribution in [0.4, 0.5) is 0 Å². The molecule has 0 aromatic carbocycles. The second-order valence-corrected chi connectivity index (χ2v) is 6.24. The van der Waals surface area contributed by atoms with Crippen LogP contribution >= 0.6 is 0 Å². The maximum Gasteiger partial charge on any atom is 0.242 e. The summed E-state index contributed by atoms with van der Waals surface area (Å²) in [5.41, 5.74) is -0.282. The summed E-state index contributed by atoms with van der Waals surface area (Å²) in [5.74, 6) is 1.20. The minimum atomic E-state index is -0.282. The van der Waals surface area contributed by atoms with Gasteiger partial charge >= 0.3 is 0 Å². The number of hydrogen-bond donors (Lipinski definition) is 1. The highest BCUT2D eigenvalue weighted by atomic mass is 16.2. The second kappa shape index (κ2) is 6.05. The van der Waals surface area contributed by atoms with Crippen molar-refractivity contribution >= 4 is 5.91 Å². The Bertz CT molecular complexity index is 276. The number of carbonyl (C=O) groups excluding carboxylic acids is 1. The summed E-state index contributed by atoms with van der Waals surface area (Å²) in [4.78, 5) is 14.7. The Morgan fingerprint density at radius 3 is 2.61 bits per heavy atom. The van der Waals surface area contributed by atoms with Crippen molar-refractivity contribution in [1.82, 2.24) is 10.2 Å². The van der Waals surface area contributed by atoms with Gasteiger partial charge in [-0.3, -0.25) is 4.79 Å². The minimum Gasteiger partial charge on any atom is -0.341 e. The van der Waals surface area contributed by atoms with E-state index in [1.165, 1.54) is 38.5 Å². The fraction of sp³-hybridized carbons (Fsp3) is 0.933. The molecule has 2 aliphatic rings. The molecule has 0 aliphatic carbocycles. The SMILES string of the molecule is CCCC1CCN(C(=O)C2(C)CCCCN2)CC1. The van der Waals surface area contributed by atoms with E-state index >= 15 is 0 Å². The van der Waals surface area contributed by atoms with Gasteiger partial charge in [0.25, 0.3) is 0 Å². The van der Waals surface area contributed by atoms with Gasteiger partial charge in [0.1, 0.15) is 0 Å². The molecule has 2 rings (SSSR count). The molecule has 2 fully saturated rings. The van der Waals surface area contributed by atoms with Crippen LogP contribution in [0.25, 0.3) is 0 Å². The fourth-order valence-corrected chi connectivity index (χ4v) is 3.42. The Morgan fingerprint density at radius 2 is 2.06 bits per heavy atom. The van der Waals surface area contributed by atoms with Crippen molar-refractivity contribution < 1.29 is 4.79 Å². The molecule has 2 saturated heterocycles. The summed E-state index contributed by atoms with van der Waals surface area (Å²) in [7, 11) is 0. The van der Waals surface area contributed by atoms with E-state index in [9.17, 15) is 4.79 Å². The van der Waals surface area contributed by atoms with E-state index < -0.39 is 0 Å². The molecular formula is C15H28N2O. The molecule has 3 nitrogen and oxygen atoms in total. The largest absolute Gasteiger partial charge is 0.341 e. The molecule has 2 aliphatic heterocycles. The van der Waals surface area contributed by atoms with Gasteiger partial charge in [-0.1, -0.05) is 19.8 Å². The van der Waals surface area contributed by atoms with Gasteiger partial charge in [-0.05, 0) is 51.5 Å². The molecule has 3 heteroatoms. The molecule has 1 N–H and O–H groups in total. The lowest BCUT2D eigenvalue weighted by molar-refractivity contribution is -0.140. The van der Waals surface area contributed by atoms with E-state index in [4.69, 9.17) is 0 Å². The van der Waals surface area contributed by atoms with Gasteiger partial charge in [-0.25, -0.2) is 0 Å². The van der Waals surface area contributed by atoms with Crippen LogP contribution in [0.3, 0.4) is 0 Å². The van der Waals surface area contributed by atoms with E-state index in [-0.39, 0.29) is 5.54 Å². The predicted molar refractivity (Wildman–Crippen MR) is 74.5 cm³/mol. The van der Waals surface area contributed by atoms with Crippen molar-refractivity contribution in [2.24, 2.45) is 5.92 Å². The summed E-state index contributed by atoms with van der Waals surface area (Å²) in [6.45, 7) is 7.28. The topological polar surface area (TPSA) is 32.3 Å². The summed E-state index contributed by atoms with van der Waals surface area (Å²) in [5, 5.41) is 3.44. The smallest absolute Gasteiger partial charge is 0.242 e. The summed E-state index contributed by atoms with van der Waals surface area (Å²) >= 11 is 0. The predicted octanol–water partition coefficient (Wildman–Crippen LogP) is 2.56. The molecule has 0 spiro atoms. The van der Waals surface area contributed by atoms with Crippen molar-refractivity contribution in [3.8, 4) is 0 Å². The van der Waals surface area contributed by atoms with Crippen LogP contribution in [0.5, 0.6) is 0 Å². The molecule has 1 amide bonds. The van der Waals surface area contributed by atoms with Crippen LogP contribution in [0.2, 0.25) is 0 Å². The number of hydrogen-bond acceptors (Lipinski definition) is 2. The zero-order valence-electron chi connectivity index (χ0n) is 12.0. The van der Waals surface area contributed by atoms with Crippen LogP contribution in [-0.4, -0.2) is 36.0 Å². The van der Waals surface area contributed by atoms with Crippen LogP contribution in [0, 0.1) is 5.92 Å². The summed E-state index contributed by atoms with van der Waals surface area (Å²) in [6.07, 6.45) is 8.41. The van der Waals surface area contributed by atoms with Crippen molar-refractivity contribution in [3.05, 3.63) is 0 Å². The van der Waals surface area contributed by atoms with Crippen molar-refractivity contribution in [2.75, 3.05) is 19.6 Å². The zero-order chi connectivity index (χ0) is 13.0. The van der Waals surface area contributed by atoms with Gasteiger partial charge in [0.2, 0.25) is 5.91 Å². The van der Waals surface area contributed by atoms with E-state index in [0.29, 0.717) is 5.91 Å². The lowest BCUT2D eigenvalue weighted by atomic mass is 9.87. The standard InChI is InChI=1S/C15H28N2O/c1-3-6-13-7-11-17(12-8-13)14(18)15(2)9-4-5-10-16-15/h13,16H,3-12H2,1-2H3. The highest BCUT2D eigenvalue weighted by molar-refractivity contribution is 5.86. The van der Waals surface area contributed by atoms with Crippen molar-refractivity contribution in [3.63, 3.8) is 0 Å². The Labute approximate surface area is 111 Å². The van der Waals surface area contributed by atoms with E-state index in [2.05, 4.69) is 24.1 Å². The van der Waals surface area contributed by atoms with Gasteiger partial charge in [-0.2, -0.15) is 0 Å². The number of nitrogens with one attached hydrogen (secondary N) is 1. The molecular weight excluding hydrogens is 224 g/mol. The number of nitrogens with zero attached hydrogens (tertiary/aromatic N) is 1. The Kier molecular flexibility index (Phi) is 4.66. The second-order valence-electron chi connectivity index (χ2n) is 6.24. The summed E-state index contributed by atoms with van der Waals surface area (Å²) in [6, 6.07) is 0. The maximum atomic E-state index is 12.6. The first-order valence-electron chi connectivity index (χ1n) is 7.70. The number of amides is 1. The quantitative estimate of drug-likeness (QED) is 0.837. The number of rotatable bonds is 3. The van der Waals surface area contributed by atoms with Gasteiger partial charge in [0.05, 0.1) is 5.54 Å². The van der Waals surface area contributed by atoms with Gasteiger partial charge < -0.3 is 10.2 Å². The monoisotopic (exact) mass is 252 g/mol. The molecule has 0 saturated carbocycles. The first kappa shape index (κ1) is 13.9. The third kappa shape index (κ3) is 3.05. The molecule has 18 heavy (non-hydrogen) atoms. The maximum absolute atomic E-state index is 12.6. The lowest BCUT2D eigenvalue weighted by Gasteiger charge is -2.40. The number of likely N-dealkylation sites (tertiary alicyclic amines) is 1. The first-order valence-corrected chi connectivity index (χ1v) is 7.70. The van der Waals surface area contributed by atoms with E-state index in [0.717, 1.165) is 32.0 Å². The fourth-order valence-electron chi connectivity index (χ4n) is 3.42.